The fraction of sp³-hybridized carbons (Fsp3) is 0.533. The molecule has 0 radical (unpaired) electrons. The Hall–Kier alpha value is -1.31. The van der Waals surface area contributed by atoms with Gasteiger partial charge in [-0.05, 0) is 18.6 Å². The molecule has 1 amide bonds. The monoisotopic (exact) mass is 279 g/mol. The summed E-state index contributed by atoms with van der Waals surface area (Å²) in [5, 5.41) is 11.6. The smallest absolute Gasteiger partial charge is 0.223 e. The minimum absolute atomic E-state index is 0.0776. The predicted molar refractivity (Wildman–Crippen MR) is 78.8 cm³/mol. The summed E-state index contributed by atoms with van der Waals surface area (Å²) in [5.41, 5.74) is 0. The van der Waals surface area contributed by atoms with Crippen LogP contribution in [0.25, 0.3) is 0 Å². The van der Waals surface area contributed by atoms with Gasteiger partial charge < -0.3 is 10.4 Å². The number of hydrogen-bond acceptors (Lipinski definition) is 3. The second-order valence-corrected chi connectivity index (χ2v) is 5.62. The summed E-state index contributed by atoms with van der Waals surface area (Å²) in [4.78, 5) is 13.8. The Morgan fingerprint density at radius 3 is 3.00 bits per heavy atom. The van der Waals surface area contributed by atoms with E-state index in [0.717, 1.165) is 22.6 Å². The normalized spacial score (nSPS) is 11.5. The van der Waals surface area contributed by atoms with E-state index in [1.165, 1.54) is 0 Å². The first-order chi connectivity index (χ1) is 9.17. The molecular formula is C15H21NO2S. The second kappa shape index (κ2) is 8.73. The van der Waals surface area contributed by atoms with E-state index in [-0.39, 0.29) is 18.4 Å². The van der Waals surface area contributed by atoms with Gasteiger partial charge in [0.25, 0.3) is 0 Å². The van der Waals surface area contributed by atoms with Gasteiger partial charge >= 0.3 is 0 Å². The average molecular weight is 279 g/mol. The van der Waals surface area contributed by atoms with Crippen molar-refractivity contribution in [2.24, 2.45) is 5.92 Å². The highest BCUT2D eigenvalue weighted by molar-refractivity contribution is 7.12. The van der Waals surface area contributed by atoms with Gasteiger partial charge in [-0.3, -0.25) is 4.79 Å². The Bertz CT molecular complexity index is 456. The summed E-state index contributed by atoms with van der Waals surface area (Å²) in [5.74, 6) is 6.07. The number of carbonyl (C=O) groups is 1. The molecule has 19 heavy (non-hydrogen) atoms. The molecule has 0 saturated heterocycles. The van der Waals surface area contributed by atoms with Gasteiger partial charge in [0.2, 0.25) is 5.91 Å². The van der Waals surface area contributed by atoms with Crippen LogP contribution in [0.4, 0.5) is 0 Å². The Balaban J connectivity index is 2.42. The van der Waals surface area contributed by atoms with Crippen molar-refractivity contribution in [2.75, 3.05) is 6.61 Å². The molecule has 4 heteroatoms. The first-order valence-corrected chi connectivity index (χ1v) is 7.45. The van der Waals surface area contributed by atoms with Crippen molar-refractivity contribution in [3.8, 4) is 11.8 Å². The van der Waals surface area contributed by atoms with Gasteiger partial charge in [0.05, 0.1) is 18.0 Å². The first kappa shape index (κ1) is 15.7. The molecule has 0 saturated carbocycles. The van der Waals surface area contributed by atoms with Crippen molar-refractivity contribution in [2.45, 2.75) is 39.7 Å². The lowest BCUT2D eigenvalue weighted by Crippen LogP contribution is -2.28. The molecule has 0 aliphatic heterocycles. The number of rotatable bonds is 6. The number of amides is 1. The largest absolute Gasteiger partial charge is 0.395 e. The molecule has 0 bridgehead atoms. The van der Waals surface area contributed by atoms with Crippen molar-refractivity contribution < 1.29 is 9.90 Å². The van der Waals surface area contributed by atoms with Crippen LogP contribution in [0.1, 0.15) is 42.9 Å². The lowest BCUT2D eigenvalue weighted by atomic mass is 10.1. The van der Waals surface area contributed by atoms with Crippen LogP contribution in [0.5, 0.6) is 0 Å². The van der Waals surface area contributed by atoms with Gasteiger partial charge in [-0.2, -0.15) is 0 Å². The van der Waals surface area contributed by atoms with Crippen LogP contribution >= 0.6 is 11.3 Å². The van der Waals surface area contributed by atoms with Gasteiger partial charge in [0.15, 0.2) is 0 Å². The van der Waals surface area contributed by atoms with E-state index < -0.39 is 0 Å². The van der Waals surface area contributed by atoms with Crippen LogP contribution in [-0.2, 0) is 11.3 Å². The molecule has 0 fully saturated rings. The Morgan fingerprint density at radius 1 is 1.53 bits per heavy atom. The Morgan fingerprint density at radius 2 is 2.32 bits per heavy atom. The fourth-order valence-electron chi connectivity index (χ4n) is 1.66. The van der Waals surface area contributed by atoms with E-state index in [4.69, 9.17) is 5.11 Å². The highest BCUT2D eigenvalue weighted by atomic mass is 32.1. The predicted octanol–water partition coefficient (Wildman–Crippen LogP) is 2.53. The minimum atomic E-state index is 0.0776. The molecule has 1 atom stereocenters. The topological polar surface area (TPSA) is 49.3 Å². The summed E-state index contributed by atoms with van der Waals surface area (Å²) in [6.07, 6.45) is 2.45. The minimum Gasteiger partial charge on any atom is -0.395 e. The SMILES string of the molecule is CCCC(C)C(=O)NCc1ccc(C#CCCO)s1. The summed E-state index contributed by atoms with van der Waals surface area (Å²) >= 11 is 1.58. The van der Waals surface area contributed by atoms with Crippen molar-refractivity contribution >= 4 is 17.2 Å². The summed E-state index contributed by atoms with van der Waals surface area (Å²) in [7, 11) is 0. The second-order valence-electron chi connectivity index (χ2n) is 4.45. The van der Waals surface area contributed by atoms with Crippen molar-refractivity contribution in [3.05, 3.63) is 21.9 Å². The van der Waals surface area contributed by atoms with E-state index in [1.807, 2.05) is 19.1 Å². The molecular weight excluding hydrogens is 258 g/mol. The van der Waals surface area contributed by atoms with Gasteiger partial charge in [0.1, 0.15) is 0 Å². The zero-order chi connectivity index (χ0) is 14.1. The van der Waals surface area contributed by atoms with Crippen LogP contribution < -0.4 is 5.32 Å². The van der Waals surface area contributed by atoms with E-state index in [0.29, 0.717) is 13.0 Å². The zero-order valence-electron chi connectivity index (χ0n) is 11.5. The summed E-state index contributed by atoms with van der Waals surface area (Å²) < 4.78 is 0. The van der Waals surface area contributed by atoms with E-state index in [2.05, 4.69) is 24.1 Å². The van der Waals surface area contributed by atoms with Gasteiger partial charge in [-0.1, -0.05) is 32.1 Å². The third-order valence-electron chi connectivity index (χ3n) is 2.72. The van der Waals surface area contributed by atoms with Crippen LogP contribution in [0, 0.1) is 17.8 Å². The highest BCUT2D eigenvalue weighted by Gasteiger charge is 2.11. The van der Waals surface area contributed by atoms with Gasteiger partial charge in [-0.15, -0.1) is 11.3 Å². The van der Waals surface area contributed by atoms with Crippen LogP contribution in [0.3, 0.4) is 0 Å². The van der Waals surface area contributed by atoms with Crippen molar-refractivity contribution in [1.82, 2.24) is 5.32 Å². The highest BCUT2D eigenvalue weighted by Crippen LogP contribution is 2.15. The first-order valence-electron chi connectivity index (χ1n) is 6.63. The number of aliphatic hydroxyl groups excluding tert-OH is 1. The summed E-state index contributed by atoms with van der Waals surface area (Å²) in [6, 6.07) is 3.93. The number of nitrogens with one attached hydrogen (secondary N) is 1. The number of thiophene rings is 1. The van der Waals surface area contributed by atoms with Crippen molar-refractivity contribution in [1.29, 1.82) is 0 Å². The molecule has 1 aromatic heterocycles. The maximum absolute atomic E-state index is 11.8. The average Bonchev–Trinajstić information content (AvgIpc) is 2.84. The molecule has 2 N–H and O–H groups in total. The molecule has 104 valence electrons. The molecule has 0 aromatic carbocycles. The maximum atomic E-state index is 11.8. The molecule has 1 rings (SSSR count). The van der Waals surface area contributed by atoms with E-state index >= 15 is 0 Å². The number of aliphatic hydroxyl groups is 1. The Labute approximate surface area is 119 Å². The van der Waals surface area contributed by atoms with E-state index in [9.17, 15) is 4.79 Å². The molecule has 3 nitrogen and oxygen atoms in total. The molecule has 1 aromatic rings. The number of hydrogen-bond donors (Lipinski definition) is 2. The van der Waals surface area contributed by atoms with Crippen LogP contribution in [0.2, 0.25) is 0 Å². The molecule has 0 spiro atoms. The Kier molecular flexibility index (Phi) is 7.24. The van der Waals surface area contributed by atoms with E-state index in [1.54, 1.807) is 11.3 Å². The lowest BCUT2D eigenvalue weighted by molar-refractivity contribution is -0.124. The fourth-order valence-corrected chi connectivity index (χ4v) is 2.48. The summed E-state index contributed by atoms with van der Waals surface area (Å²) in [6.45, 7) is 4.70. The van der Waals surface area contributed by atoms with Gasteiger partial charge in [-0.25, -0.2) is 0 Å². The molecule has 0 aliphatic carbocycles. The molecule has 0 aliphatic rings. The van der Waals surface area contributed by atoms with Gasteiger partial charge in [0, 0.05) is 17.2 Å². The lowest BCUT2D eigenvalue weighted by Gasteiger charge is -2.09. The molecule has 1 heterocycles. The maximum Gasteiger partial charge on any atom is 0.223 e. The molecule has 1 unspecified atom stereocenters. The quantitative estimate of drug-likeness (QED) is 0.786. The van der Waals surface area contributed by atoms with Crippen LogP contribution in [0.15, 0.2) is 12.1 Å². The standard InChI is InChI=1S/C15H21NO2S/c1-3-6-12(2)15(18)16-11-14-9-8-13(19-14)7-4-5-10-17/h8-9,12,17H,3,5-6,10-11H2,1-2H3,(H,16,18). The third kappa shape index (κ3) is 5.91. The third-order valence-corrected chi connectivity index (χ3v) is 3.72. The number of carbonyl (C=O) groups excluding carboxylic acids is 1. The van der Waals surface area contributed by atoms with Crippen LogP contribution in [-0.4, -0.2) is 17.6 Å². The zero-order valence-corrected chi connectivity index (χ0v) is 12.3. The van der Waals surface area contributed by atoms with Crippen molar-refractivity contribution in [3.63, 3.8) is 0 Å².